The minimum absolute atomic E-state index is 0.136. The maximum atomic E-state index is 11.7. The molecule has 0 aliphatic heterocycles. The highest BCUT2D eigenvalue weighted by molar-refractivity contribution is 6.18. The third-order valence-electron chi connectivity index (χ3n) is 1.85. The van der Waals surface area contributed by atoms with Gasteiger partial charge in [0.25, 0.3) is 0 Å². The third-order valence-corrected chi connectivity index (χ3v) is 2.29. The van der Waals surface area contributed by atoms with Crippen molar-refractivity contribution in [1.82, 2.24) is 0 Å². The van der Waals surface area contributed by atoms with Gasteiger partial charge in [-0.15, -0.1) is 11.6 Å². The van der Waals surface area contributed by atoms with Crippen LogP contribution in [0.1, 0.15) is 26.2 Å². The molecule has 0 N–H and O–H groups in total. The molecule has 0 spiro atoms. The normalized spacial score (nSPS) is 14.4. The number of alkyl halides is 4. The largest absolute Gasteiger partial charge is 0.411 e. The number of rotatable bonds is 7. The first-order valence-corrected chi connectivity index (χ1v) is 5.23. The van der Waals surface area contributed by atoms with Gasteiger partial charge in [-0.1, -0.05) is 13.3 Å². The molecule has 0 fully saturated rings. The van der Waals surface area contributed by atoms with E-state index in [2.05, 4.69) is 4.74 Å². The summed E-state index contributed by atoms with van der Waals surface area (Å²) in [6.45, 7) is 1.00. The molecule has 1 atom stereocenters. The van der Waals surface area contributed by atoms with Crippen LogP contribution in [0.4, 0.5) is 13.2 Å². The van der Waals surface area contributed by atoms with Crippen LogP contribution in [0.3, 0.4) is 0 Å². The molecular weight excluding hydrogens is 217 g/mol. The van der Waals surface area contributed by atoms with Gasteiger partial charge in [-0.2, -0.15) is 13.2 Å². The molecule has 86 valence electrons. The molecule has 0 aromatic carbocycles. The molecule has 14 heavy (non-hydrogen) atoms. The van der Waals surface area contributed by atoms with Crippen LogP contribution in [-0.4, -0.2) is 25.3 Å². The Hall–Kier alpha value is 0.0400. The summed E-state index contributed by atoms with van der Waals surface area (Å²) in [5, 5.41) is 0. The average molecular weight is 233 g/mol. The first-order valence-electron chi connectivity index (χ1n) is 4.70. The first-order chi connectivity index (χ1) is 6.49. The average Bonchev–Trinajstić information content (AvgIpc) is 2.08. The highest BCUT2D eigenvalue weighted by Crippen LogP contribution is 2.16. The molecule has 0 rings (SSSR count). The second-order valence-corrected chi connectivity index (χ2v) is 3.57. The van der Waals surface area contributed by atoms with Crippen molar-refractivity contribution in [2.75, 3.05) is 19.1 Å². The van der Waals surface area contributed by atoms with Crippen LogP contribution in [0, 0.1) is 5.92 Å². The number of hydrogen-bond donors (Lipinski definition) is 0. The maximum absolute atomic E-state index is 11.7. The Morgan fingerprint density at radius 2 is 1.93 bits per heavy atom. The molecule has 1 nitrogen and oxygen atoms in total. The van der Waals surface area contributed by atoms with Crippen molar-refractivity contribution in [1.29, 1.82) is 0 Å². The van der Waals surface area contributed by atoms with Crippen molar-refractivity contribution in [3.8, 4) is 0 Å². The Labute approximate surface area is 87.6 Å². The van der Waals surface area contributed by atoms with E-state index < -0.39 is 12.8 Å². The van der Waals surface area contributed by atoms with E-state index in [1.807, 2.05) is 6.92 Å². The van der Waals surface area contributed by atoms with Gasteiger partial charge in [0.05, 0.1) is 0 Å². The maximum Gasteiger partial charge on any atom is 0.411 e. The molecular formula is C9H16ClF3O. The lowest BCUT2D eigenvalue weighted by atomic mass is 10.0. The lowest BCUT2D eigenvalue weighted by Gasteiger charge is -2.13. The van der Waals surface area contributed by atoms with Crippen molar-refractivity contribution >= 4 is 11.6 Å². The van der Waals surface area contributed by atoms with Gasteiger partial charge < -0.3 is 4.74 Å². The molecule has 0 radical (unpaired) electrons. The van der Waals surface area contributed by atoms with Crippen molar-refractivity contribution in [2.24, 2.45) is 5.92 Å². The molecule has 0 aromatic rings. The zero-order valence-corrected chi connectivity index (χ0v) is 9.00. The summed E-state index contributed by atoms with van der Waals surface area (Å²) in [4.78, 5) is 0. The van der Waals surface area contributed by atoms with Gasteiger partial charge in [0.1, 0.15) is 6.61 Å². The minimum Gasteiger partial charge on any atom is -0.372 e. The fourth-order valence-corrected chi connectivity index (χ4v) is 1.45. The molecule has 0 saturated carbocycles. The molecule has 1 unspecified atom stereocenters. The summed E-state index contributed by atoms with van der Waals surface area (Å²) < 4.78 is 39.5. The molecule has 0 aliphatic carbocycles. The quantitative estimate of drug-likeness (QED) is 0.481. The summed E-state index contributed by atoms with van der Waals surface area (Å²) in [7, 11) is 0. The summed E-state index contributed by atoms with van der Waals surface area (Å²) >= 11 is 5.64. The number of hydrogen-bond acceptors (Lipinski definition) is 1. The van der Waals surface area contributed by atoms with E-state index in [0.29, 0.717) is 12.3 Å². The second kappa shape index (κ2) is 7.35. The minimum atomic E-state index is -4.22. The van der Waals surface area contributed by atoms with Crippen molar-refractivity contribution in [2.45, 2.75) is 32.4 Å². The van der Waals surface area contributed by atoms with Gasteiger partial charge in [-0.25, -0.2) is 0 Å². The van der Waals surface area contributed by atoms with E-state index in [1.54, 1.807) is 0 Å². The van der Waals surface area contributed by atoms with E-state index in [-0.39, 0.29) is 12.5 Å². The Balaban J connectivity index is 3.42. The lowest BCUT2D eigenvalue weighted by molar-refractivity contribution is -0.174. The molecule has 0 aromatic heterocycles. The molecule has 5 heteroatoms. The van der Waals surface area contributed by atoms with Gasteiger partial charge in [-0.05, 0) is 18.8 Å². The molecule has 0 bridgehead atoms. The van der Waals surface area contributed by atoms with E-state index in [4.69, 9.17) is 11.6 Å². The number of ether oxygens (including phenoxy) is 1. The van der Waals surface area contributed by atoms with Crippen molar-refractivity contribution in [3.05, 3.63) is 0 Å². The molecule has 0 heterocycles. The van der Waals surface area contributed by atoms with Crippen LogP contribution in [0.2, 0.25) is 0 Å². The predicted octanol–water partition coefficient (Wildman–Crippen LogP) is 3.61. The second-order valence-electron chi connectivity index (χ2n) is 3.27. The molecule has 0 saturated heterocycles. The van der Waals surface area contributed by atoms with Crippen LogP contribution in [0.15, 0.2) is 0 Å². The first kappa shape index (κ1) is 14.0. The van der Waals surface area contributed by atoms with Crippen LogP contribution in [0.5, 0.6) is 0 Å². The van der Waals surface area contributed by atoms with Gasteiger partial charge in [-0.3, -0.25) is 0 Å². The van der Waals surface area contributed by atoms with Gasteiger partial charge in [0, 0.05) is 12.5 Å². The topological polar surface area (TPSA) is 9.23 Å². The highest BCUT2D eigenvalue weighted by atomic mass is 35.5. The fourth-order valence-electron chi connectivity index (χ4n) is 1.14. The lowest BCUT2D eigenvalue weighted by Crippen LogP contribution is -2.18. The standard InChI is InChI=1S/C9H16ClF3O/c1-2-3-8(6-10)4-5-14-7-9(11,12)13/h8H,2-7H2,1H3. The zero-order valence-electron chi connectivity index (χ0n) is 8.24. The Kier molecular flexibility index (Phi) is 7.37. The van der Waals surface area contributed by atoms with Gasteiger partial charge in [0.15, 0.2) is 0 Å². The highest BCUT2D eigenvalue weighted by Gasteiger charge is 2.27. The van der Waals surface area contributed by atoms with Crippen molar-refractivity contribution < 1.29 is 17.9 Å². The van der Waals surface area contributed by atoms with Crippen LogP contribution < -0.4 is 0 Å². The molecule has 0 aliphatic rings. The summed E-state index contributed by atoms with van der Waals surface area (Å²) in [5.74, 6) is 0.762. The monoisotopic (exact) mass is 232 g/mol. The van der Waals surface area contributed by atoms with E-state index in [1.165, 1.54) is 0 Å². The van der Waals surface area contributed by atoms with Gasteiger partial charge >= 0.3 is 6.18 Å². The smallest absolute Gasteiger partial charge is 0.372 e. The zero-order chi connectivity index (χ0) is 11.0. The SMILES string of the molecule is CCCC(CCl)CCOCC(F)(F)F. The molecule has 0 amide bonds. The van der Waals surface area contributed by atoms with E-state index >= 15 is 0 Å². The summed E-state index contributed by atoms with van der Waals surface area (Å²) in [6.07, 6.45) is -1.68. The fraction of sp³-hybridized carbons (Fsp3) is 1.00. The van der Waals surface area contributed by atoms with Crippen LogP contribution in [-0.2, 0) is 4.74 Å². The van der Waals surface area contributed by atoms with Crippen LogP contribution >= 0.6 is 11.6 Å². The van der Waals surface area contributed by atoms with Crippen LogP contribution in [0.25, 0.3) is 0 Å². The Bertz CT molecular complexity index is 139. The Morgan fingerprint density at radius 1 is 1.29 bits per heavy atom. The van der Waals surface area contributed by atoms with E-state index in [9.17, 15) is 13.2 Å². The van der Waals surface area contributed by atoms with E-state index in [0.717, 1.165) is 12.8 Å². The summed E-state index contributed by atoms with van der Waals surface area (Å²) in [6, 6.07) is 0. The number of halogens is 4. The van der Waals surface area contributed by atoms with Gasteiger partial charge in [0.2, 0.25) is 0 Å². The predicted molar refractivity (Wildman–Crippen MR) is 50.6 cm³/mol. The summed E-state index contributed by atoms with van der Waals surface area (Å²) in [5.41, 5.74) is 0. The van der Waals surface area contributed by atoms with Crippen molar-refractivity contribution in [3.63, 3.8) is 0 Å². The Morgan fingerprint density at radius 3 is 2.36 bits per heavy atom. The third kappa shape index (κ3) is 8.63.